The summed E-state index contributed by atoms with van der Waals surface area (Å²) in [6.07, 6.45) is 3.51. The van der Waals surface area contributed by atoms with Crippen molar-refractivity contribution in [3.05, 3.63) is 102 Å². The Labute approximate surface area is 157 Å². The third-order valence-electron chi connectivity index (χ3n) is 3.81. The molecule has 1 N–H and O–H groups in total. The van der Waals surface area contributed by atoms with Gasteiger partial charge in [-0.25, -0.2) is 4.39 Å². The standard InChI is InChI=1S/C21H17FN2OS/c22-18-11-9-17(10-12-18)20(25)19(24-13-5-2-6-14-24)21(26)23-15-16-7-3-1-4-8-16/h1-14H,15H2,(H-,23,25,26). The molecule has 0 atom stereocenters. The van der Waals surface area contributed by atoms with E-state index in [9.17, 15) is 9.50 Å². The molecule has 1 aromatic heterocycles. The van der Waals surface area contributed by atoms with Crippen LogP contribution in [-0.4, -0.2) is 4.99 Å². The van der Waals surface area contributed by atoms with Crippen molar-refractivity contribution in [2.45, 2.75) is 6.54 Å². The van der Waals surface area contributed by atoms with Gasteiger partial charge in [0.1, 0.15) is 5.82 Å². The van der Waals surface area contributed by atoms with E-state index in [1.54, 1.807) is 17.0 Å². The average Bonchev–Trinajstić information content (AvgIpc) is 2.69. The Hall–Kier alpha value is -3.05. The summed E-state index contributed by atoms with van der Waals surface area (Å²) >= 11 is 5.49. The van der Waals surface area contributed by atoms with Crippen molar-refractivity contribution in [2.75, 3.05) is 0 Å². The topological polar surface area (TPSA) is 39.0 Å². The monoisotopic (exact) mass is 364 g/mol. The SMILES string of the molecule is [O-]/C(=C(\C(=S)NCc1ccccc1)[n+]1ccccc1)c1ccc(F)cc1. The molecule has 0 spiro atoms. The summed E-state index contributed by atoms with van der Waals surface area (Å²) in [5.41, 5.74) is 1.76. The Morgan fingerprint density at radius 2 is 1.54 bits per heavy atom. The quantitative estimate of drug-likeness (QED) is 0.327. The normalized spacial score (nSPS) is 11.6. The maximum atomic E-state index is 13.2. The van der Waals surface area contributed by atoms with Gasteiger partial charge in [-0.2, -0.15) is 4.57 Å². The van der Waals surface area contributed by atoms with Crippen LogP contribution in [0.3, 0.4) is 0 Å². The van der Waals surface area contributed by atoms with Crippen LogP contribution in [0.4, 0.5) is 4.39 Å². The first kappa shape index (κ1) is 17.8. The summed E-state index contributed by atoms with van der Waals surface area (Å²) in [6, 6.07) is 20.7. The summed E-state index contributed by atoms with van der Waals surface area (Å²) in [4.78, 5) is 0.333. The number of thiocarbonyl (C=S) groups is 1. The predicted molar refractivity (Wildman–Crippen MR) is 102 cm³/mol. The zero-order chi connectivity index (χ0) is 18.4. The van der Waals surface area contributed by atoms with Crippen molar-refractivity contribution in [1.29, 1.82) is 0 Å². The minimum absolute atomic E-state index is 0.272. The summed E-state index contributed by atoms with van der Waals surface area (Å²) < 4.78 is 14.9. The predicted octanol–water partition coefficient (Wildman–Crippen LogP) is 2.92. The van der Waals surface area contributed by atoms with Crippen molar-refractivity contribution in [2.24, 2.45) is 0 Å². The van der Waals surface area contributed by atoms with E-state index in [0.29, 0.717) is 22.8 Å². The lowest BCUT2D eigenvalue weighted by Crippen LogP contribution is -2.42. The second kappa shape index (κ2) is 8.36. The van der Waals surface area contributed by atoms with Crippen LogP contribution >= 0.6 is 12.2 Å². The fourth-order valence-electron chi connectivity index (χ4n) is 2.49. The van der Waals surface area contributed by atoms with Gasteiger partial charge in [0.2, 0.25) is 5.70 Å². The highest BCUT2D eigenvalue weighted by Crippen LogP contribution is 2.15. The summed E-state index contributed by atoms with van der Waals surface area (Å²) in [5.74, 6) is -0.660. The molecule has 0 saturated heterocycles. The molecule has 1 heterocycles. The highest BCUT2D eigenvalue weighted by molar-refractivity contribution is 7.81. The van der Waals surface area contributed by atoms with Crippen molar-refractivity contribution >= 4 is 28.7 Å². The molecule has 0 saturated carbocycles. The Balaban J connectivity index is 1.94. The van der Waals surface area contributed by atoms with E-state index in [-0.39, 0.29) is 11.6 Å². The van der Waals surface area contributed by atoms with Crippen molar-refractivity contribution in [1.82, 2.24) is 5.32 Å². The molecule has 0 aliphatic rings. The minimum Gasteiger partial charge on any atom is -0.867 e. The molecule has 0 aliphatic carbocycles. The van der Waals surface area contributed by atoms with E-state index in [0.717, 1.165) is 5.56 Å². The van der Waals surface area contributed by atoms with Crippen molar-refractivity contribution < 1.29 is 14.1 Å². The third-order valence-corrected chi connectivity index (χ3v) is 4.14. The first-order valence-corrected chi connectivity index (χ1v) is 8.52. The number of nitrogens with zero attached hydrogens (tertiary/aromatic N) is 1. The maximum Gasteiger partial charge on any atom is 0.237 e. The van der Waals surface area contributed by atoms with Crippen LogP contribution in [-0.2, 0) is 6.54 Å². The van der Waals surface area contributed by atoms with Gasteiger partial charge >= 0.3 is 0 Å². The molecule has 26 heavy (non-hydrogen) atoms. The van der Waals surface area contributed by atoms with E-state index in [1.807, 2.05) is 48.5 Å². The van der Waals surface area contributed by atoms with Gasteiger partial charge in [0, 0.05) is 18.7 Å². The minimum atomic E-state index is -0.389. The van der Waals surface area contributed by atoms with Crippen molar-refractivity contribution in [3.63, 3.8) is 0 Å². The molecular weight excluding hydrogens is 347 g/mol. The third kappa shape index (κ3) is 4.32. The molecule has 0 radical (unpaired) electrons. The number of hydrogen-bond acceptors (Lipinski definition) is 2. The first-order chi connectivity index (χ1) is 12.6. The number of nitrogens with one attached hydrogen (secondary N) is 1. The molecule has 2 aromatic carbocycles. The van der Waals surface area contributed by atoms with Gasteiger partial charge in [-0.05, 0) is 29.0 Å². The van der Waals surface area contributed by atoms with Gasteiger partial charge in [0.25, 0.3) is 0 Å². The molecule has 0 fully saturated rings. The molecule has 0 bridgehead atoms. The molecule has 0 unspecified atom stereocenters. The number of rotatable bonds is 5. The van der Waals surface area contributed by atoms with Gasteiger partial charge in [0.15, 0.2) is 17.4 Å². The van der Waals surface area contributed by atoms with Gasteiger partial charge in [0.05, 0.1) is 0 Å². The average molecular weight is 364 g/mol. The zero-order valence-electron chi connectivity index (χ0n) is 13.9. The van der Waals surface area contributed by atoms with E-state index in [2.05, 4.69) is 5.32 Å². The molecule has 5 heteroatoms. The summed E-state index contributed by atoms with van der Waals surface area (Å²) in [5, 5.41) is 16.1. The fraction of sp³-hybridized carbons (Fsp3) is 0.0476. The van der Waals surface area contributed by atoms with E-state index < -0.39 is 0 Å². The van der Waals surface area contributed by atoms with Gasteiger partial charge in [-0.3, -0.25) is 0 Å². The molecule has 130 valence electrons. The van der Waals surface area contributed by atoms with Crippen LogP contribution in [0.2, 0.25) is 0 Å². The van der Waals surface area contributed by atoms with Crippen LogP contribution in [0.1, 0.15) is 11.1 Å². The number of halogens is 1. The second-order valence-corrected chi connectivity index (χ2v) is 6.04. The van der Waals surface area contributed by atoms with Crippen LogP contribution in [0.25, 0.3) is 11.5 Å². The Morgan fingerprint density at radius 1 is 0.923 bits per heavy atom. The van der Waals surface area contributed by atoms with Crippen LogP contribution < -0.4 is 15.0 Å². The van der Waals surface area contributed by atoms with Gasteiger partial charge in [-0.15, -0.1) is 0 Å². The Morgan fingerprint density at radius 3 is 2.19 bits per heavy atom. The van der Waals surface area contributed by atoms with Crippen LogP contribution in [0.5, 0.6) is 0 Å². The molecule has 0 aliphatic heterocycles. The maximum absolute atomic E-state index is 13.2. The highest BCUT2D eigenvalue weighted by atomic mass is 32.1. The van der Waals surface area contributed by atoms with E-state index in [4.69, 9.17) is 12.2 Å². The molecule has 3 rings (SSSR count). The van der Waals surface area contributed by atoms with Gasteiger partial charge < -0.3 is 10.4 Å². The Kier molecular flexibility index (Phi) is 5.71. The smallest absolute Gasteiger partial charge is 0.237 e. The molecule has 0 amide bonds. The lowest BCUT2D eigenvalue weighted by molar-refractivity contribution is -0.578. The van der Waals surface area contributed by atoms with E-state index in [1.165, 1.54) is 24.3 Å². The zero-order valence-corrected chi connectivity index (χ0v) is 14.7. The number of pyridine rings is 1. The first-order valence-electron chi connectivity index (χ1n) is 8.11. The highest BCUT2D eigenvalue weighted by Gasteiger charge is 2.18. The summed E-state index contributed by atoms with van der Waals surface area (Å²) in [6.45, 7) is 0.507. The number of benzene rings is 2. The number of aromatic nitrogens is 1. The lowest BCUT2D eigenvalue weighted by atomic mass is 10.1. The van der Waals surface area contributed by atoms with E-state index >= 15 is 0 Å². The molecule has 3 nitrogen and oxygen atoms in total. The Bertz CT molecular complexity index is 910. The fourth-order valence-corrected chi connectivity index (χ4v) is 2.76. The number of hydrogen-bond donors (Lipinski definition) is 1. The molecular formula is C21H17FN2OS. The van der Waals surface area contributed by atoms with Gasteiger partial charge in [-0.1, -0.05) is 60.7 Å². The van der Waals surface area contributed by atoms with Crippen LogP contribution in [0, 0.1) is 5.82 Å². The van der Waals surface area contributed by atoms with Crippen molar-refractivity contribution in [3.8, 4) is 0 Å². The largest absolute Gasteiger partial charge is 0.867 e. The lowest BCUT2D eigenvalue weighted by Gasteiger charge is -2.17. The second-order valence-electron chi connectivity index (χ2n) is 5.64. The molecule has 3 aromatic rings. The van der Waals surface area contributed by atoms with Crippen LogP contribution in [0.15, 0.2) is 85.2 Å². The summed E-state index contributed by atoms with van der Waals surface area (Å²) in [7, 11) is 0.